The van der Waals surface area contributed by atoms with Crippen molar-refractivity contribution >= 4 is 17.9 Å². The largest absolute Gasteiger partial charge is 0.462 e. The molecule has 6 nitrogen and oxygen atoms in total. The lowest BCUT2D eigenvalue weighted by atomic mass is 10.0. The Balaban J connectivity index is 4.26. The van der Waals surface area contributed by atoms with Gasteiger partial charge in [-0.3, -0.25) is 14.4 Å². The SMILES string of the molecule is CC/C=C\C/C=C\C/C=C\C/C=C\C/C=C\CCCCCC(=O)OC(COC(=O)CCCCCCCCCCCCC)COC(=O)CCCCCCCCCCCCCCCCCCCCCCCCCCC. The van der Waals surface area contributed by atoms with Crippen LogP contribution >= 0.6 is 0 Å². The zero-order valence-electron chi connectivity index (χ0n) is 48.7. The van der Waals surface area contributed by atoms with Crippen molar-refractivity contribution in [3.8, 4) is 0 Å². The molecule has 0 spiro atoms. The van der Waals surface area contributed by atoms with Gasteiger partial charge in [0.2, 0.25) is 0 Å². The van der Waals surface area contributed by atoms with Crippen LogP contribution < -0.4 is 0 Å². The fourth-order valence-corrected chi connectivity index (χ4v) is 9.30. The molecule has 0 bridgehead atoms. The number of allylic oxidation sites excluding steroid dienone is 10. The van der Waals surface area contributed by atoms with Crippen LogP contribution in [0.4, 0.5) is 0 Å². The summed E-state index contributed by atoms with van der Waals surface area (Å²) in [6.07, 6.45) is 78.1. The summed E-state index contributed by atoms with van der Waals surface area (Å²) in [4.78, 5) is 38.2. The third-order valence-electron chi connectivity index (χ3n) is 14.0. The van der Waals surface area contributed by atoms with E-state index in [9.17, 15) is 14.4 Å². The molecule has 0 aliphatic rings. The first kappa shape index (κ1) is 70.1. The molecule has 0 fully saturated rings. The van der Waals surface area contributed by atoms with E-state index in [0.29, 0.717) is 19.3 Å². The summed E-state index contributed by atoms with van der Waals surface area (Å²) < 4.78 is 16.9. The molecule has 0 aromatic heterocycles. The van der Waals surface area contributed by atoms with E-state index >= 15 is 0 Å². The van der Waals surface area contributed by atoms with Crippen molar-refractivity contribution in [2.45, 2.75) is 335 Å². The number of esters is 3. The molecule has 0 saturated heterocycles. The quantitative estimate of drug-likeness (QED) is 0.0261. The van der Waals surface area contributed by atoms with Gasteiger partial charge in [-0.1, -0.05) is 306 Å². The highest BCUT2D eigenvalue weighted by molar-refractivity contribution is 5.71. The maximum atomic E-state index is 12.9. The lowest BCUT2D eigenvalue weighted by Crippen LogP contribution is -2.30. The normalized spacial score (nSPS) is 12.4. The first-order valence-electron chi connectivity index (χ1n) is 31.8. The van der Waals surface area contributed by atoms with E-state index in [1.807, 2.05) is 0 Å². The number of hydrogen-bond acceptors (Lipinski definition) is 6. The van der Waals surface area contributed by atoms with Gasteiger partial charge in [0.1, 0.15) is 13.2 Å². The zero-order valence-corrected chi connectivity index (χ0v) is 48.7. The minimum atomic E-state index is -0.789. The van der Waals surface area contributed by atoms with Gasteiger partial charge >= 0.3 is 17.9 Å². The molecule has 0 aliphatic heterocycles. The van der Waals surface area contributed by atoms with Crippen molar-refractivity contribution in [3.05, 3.63) is 60.8 Å². The van der Waals surface area contributed by atoms with Gasteiger partial charge in [0.25, 0.3) is 0 Å². The van der Waals surface area contributed by atoms with Gasteiger partial charge in [-0.05, 0) is 64.2 Å². The third kappa shape index (κ3) is 59.9. The average Bonchev–Trinajstić information content (AvgIpc) is 3.39. The van der Waals surface area contributed by atoms with E-state index in [1.165, 1.54) is 193 Å². The molecule has 1 atom stereocenters. The Labute approximate surface area is 453 Å². The number of hydrogen-bond donors (Lipinski definition) is 0. The summed E-state index contributed by atoms with van der Waals surface area (Å²) in [6, 6.07) is 0. The second kappa shape index (κ2) is 61.7. The summed E-state index contributed by atoms with van der Waals surface area (Å²) in [5.74, 6) is -0.899. The van der Waals surface area contributed by atoms with Gasteiger partial charge in [0, 0.05) is 19.3 Å². The highest BCUT2D eigenvalue weighted by atomic mass is 16.6. The monoisotopic (exact) mass is 1020 g/mol. The van der Waals surface area contributed by atoms with E-state index < -0.39 is 6.10 Å². The fraction of sp³-hybridized carbons (Fsp3) is 0.806. The highest BCUT2D eigenvalue weighted by Gasteiger charge is 2.19. The molecule has 0 heterocycles. The standard InChI is InChI=1S/C67H120O6/c1-4-7-10-13-16-19-22-24-26-28-30-31-32-33-34-35-37-38-40-42-45-48-51-54-57-60-66(69)72-63-64(62-71-65(68)59-56-53-50-47-44-21-18-15-12-9-6-3)73-67(70)61-58-55-52-49-46-43-41-39-36-29-27-25-23-20-17-14-11-8-5-2/h8,11,17,20,25,27,36,39,43,46,64H,4-7,9-10,12-16,18-19,21-24,26,28-35,37-38,40-42,44-45,47-63H2,1-3H3/b11-8-,20-17-,27-25-,39-36-,46-43-. The van der Waals surface area contributed by atoms with Gasteiger partial charge < -0.3 is 14.2 Å². The van der Waals surface area contributed by atoms with Crippen LogP contribution in [0.25, 0.3) is 0 Å². The van der Waals surface area contributed by atoms with Gasteiger partial charge in [-0.2, -0.15) is 0 Å². The van der Waals surface area contributed by atoms with Crippen LogP contribution in [0.3, 0.4) is 0 Å². The molecular formula is C67H120O6. The lowest BCUT2D eigenvalue weighted by molar-refractivity contribution is -0.167. The molecule has 73 heavy (non-hydrogen) atoms. The molecule has 0 saturated carbocycles. The average molecular weight is 1020 g/mol. The van der Waals surface area contributed by atoms with Crippen LogP contribution in [0.5, 0.6) is 0 Å². The van der Waals surface area contributed by atoms with E-state index in [0.717, 1.165) is 96.3 Å². The van der Waals surface area contributed by atoms with Crippen LogP contribution in [-0.2, 0) is 28.6 Å². The Morgan fingerprint density at radius 1 is 0.288 bits per heavy atom. The summed E-state index contributed by atoms with van der Waals surface area (Å²) in [5.41, 5.74) is 0. The van der Waals surface area contributed by atoms with Crippen LogP contribution in [0, 0.1) is 0 Å². The Morgan fingerprint density at radius 3 is 0.836 bits per heavy atom. The molecule has 0 aromatic rings. The first-order valence-corrected chi connectivity index (χ1v) is 31.8. The molecule has 0 rings (SSSR count). The third-order valence-corrected chi connectivity index (χ3v) is 14.0. The van der Waals surface area contributed by atoms with Crippen molar-refractivity contribution in [2.75, 3.05) is 13.2 Å². The van der Waals surface area contributed by atoms with Gasteiger partial charge in [0.05, 0.1) is 0 Å². The highest BCUT2D eigenvalue weighted by Crippen LogP contribution is 2.17. The van der Waals surface area contributed by atoms with Gasteiger partial charge in [-0.15, -0.1) is 0 Å². The summed E-state index contributed by atoms with van der Waals surface area (Å²) in [5, 5.41) is 0. The Hall–Kier alpha value is -2.89. The number of carbonyl (C=O) groups excluding carboxylic acids is 3. The smallest absolute Gasteiger partial charge is 0.306 e. The van der Waals surface area contributed by atoms with E-state index in [2.05, 4.69) is 81.5 Å². The molecule has 0 N–H and O–H groups in total. The summed E-state index contributed by atoms with van der Waals surface area (Å²) in [6.45, 7) is 6.54. The Bertz CT molecular complexity index is 1310. The number of unbranched alkanes of at least 4 members (excludes halogenated alkanes) is 37. The molecule has 424 valence electrons. The minimum Gasteiger partial charge on any atom is -0.462 e. The molecular weight excluding hydrogens is 901 g/mol. The van der Waals surface area contributed by atoms with Crippen molar-refractivity contribution in [3.63, 3.8) is 0 Å². The Kier molecular flexibility index (Phi) is 59.2. The predicted octanol–water partition coefficient (Wildman–Crippen LogP) is 21.6. The maximum Gasteiger partial charge on any atom is 0.306 e. The van der Waals surface area contributed by atoms with Crippen molar-refractivity contribution in [2.24, 2.45) is 0 Å². The molecule has 0 amide bonds. The number of carbonyl (C=O) groups is 3. The van der Waals surface area contributed by atoms with Gasteiger partial charge in [0.15, 0.2) is 6.10 Å². The number of rotatable bonds is 58. The second-order valence-electron chi connectivity index (χ2n) is 21.3. The minimum absolute atomic E-state index is 0.0835. The van der Waals surface area contributed by atoms with Crippen LogP contribution in [0.1, 0.15) is 329 Å². The maximum absolute atomic E-state index is 12.9. The van der Waals surface area contributed by atoms with Crippen LogP contribution in [-0.4, -0.2) is 37.2 Å². The Morgan fingerprint density at radius 2 is 0.534 bits per heavy atom. The molecule has 6 heteroatoms. The molecule has 1 unspecified atom stereocenters. The van der Waals surface area contributed by atoms with Crippen molar-refractivity contribution in [1.29, 1.82) is 0 Å². The first-order chi connectivity index (χ1) is 36.0. The molecule has 0 aromatic carbocycles. The summed E-state index contributed by atoms with van der Waals surface area (Å²) in [7, 11) is 0. The van der Waals surface area contributed by atoms with E-state index in [-0.39, 0.29) is 31.1 Å². The molecule has 0 aliphatic carbocycles. The van der Waals surface area contributed by atoms with Crippen LogP contribution in [0.15, 0.2) is 60.8 Å². The van der Waals surface area contributed by atoms with Crippen molar-refractivity contribution < 1.29 is 28.6 Å². The van der Waals surface area contributed by atoms with E-state index in [1.54, 1.807) is 0 Å². The summed E-state index contributed by atoms with van der Waals surface area (Å²) >= 11 is 0. The van der Waals surface area contributed by atoms with Gasteiger partial charge in [-0.25, -0.2) is 0 Å². The van der Waals surface area contributed by atoms with Crippen molar-refractivity contribution in [1.82, 2.24) is 0 Å². The topological polar surface area (TPSA) is 78.9 Å². The van der Waals surface area contributed by atoms with Crippen LogP contribution in [0.2, 0.25) is 0 Å². The van der Waals surface area contributed by atoms with E-state index in [4.69, 9.17) is 14.2 Å². The number of ether oxygens (including phenoxy) is 3. The fourth-order valence-electron chi connectivity index (χ4n) is 9.30. The molecule has 0 radical (unpaired) electrons. The zero-order chi connectivity index (χ0) is 52.9. The lowest BCUT2D eigenvalue weighted by Gasteiger charge is -2.18. The predicted molar refractivity (Wildman–Crippen MR) is 316 cm³/mol. The second-order valence-corrected chi connectivity index (χ2v) is 21.3.